The standard InChI is InChI=1S/C20H29N3S/c1-2-6-23-18(17-3-4-17)21-22-19(23)24-7-5-20-11-14-8-15(12-20)10-16(9-14)13-20/h2,14-17H,1,3-13H2. The molecule has 5 aliphatic rings. The van der Waals surface area contributed by atoms with Crippen LogP contribution in [0.2, 0.25) is 0 Å². The molecule has 6 rings (SSSR count). The summed E-state index contributed by atoms with van der Waals surface area (Å²) in [6.45, 7) is 4.78. The molecular weight excluding hydrogens is 314 g/mol. The van der Waals surface area contributed by atoms with Gasteiger partial charge in [-0.15, -0.1) is 16.8 Å². The highest BCUT2D eigenvalue weighted by Crippen LogP contribution is 2.61. The molecule has 0 radical (unpaired) electrons. The van der Waals surface area contributed by atoms with Crippen molar-refractivity contribution in [3.8, 4) is 0 Å². The van der Waals surface area contributed by atoms with Crippen LogP contribution in [0.1, 0.15) is 69.5 Å². The Hall–Kier alpha value is -0.770. The summed E-state index contributed by atoms with van der Waals surface area (Å²) in [6, 6.07) is 0. The van der Waals surface area contributed by atoms with Crippen LogP contribution in [-0.2, 0) is 6.54 Å². The summed E-state index contributed by atoms with van der Waals surface area (Å²) in [5.74, 6) is 6.26. The van der Waals surface area contributed by atoms with Crippen molar-refractivity contribution < 1.29 is 0 Å². The minimum absolute atomic E-state index is 0.662. The quantitative estimate of drug-likeness (QED) is 0.513. The Bertz CT molecular complexity index is 596. The molecule has 0 spiro atoms. The van der Waals surface area contributed by atoms with Gasteiger partial charge in [0.15, 0.2) is 5.16 Å². The van der Waals surface area contributed by atoms with Crippen LogP contribution in [0.25, 0.3) is 0 Å². The highest BCUT2D eigenvalue weighted by molar-refractivity contribution is 7.99. The molecule has 24 heavy (non-hydrogen) atoms. The predicted molar refractivity (Wildman–Crippen MR) is 98.1 cm³/mol. The van der Waals surface area contributed by atoms with Gasteiger partial charge in [-0.05, 0) is 81.0 Å². The molecule has 1 aromatic rings. The lowest BCUT2D eigenvalue weighted by Gasteiger charge is -2.57. The summed E-state index contributed by atoms with van der Waals surface area (Å²) in [4.78, 5) is 0. The number of allylic oxidation sites excluding steroid dienone is 1. The summed E-state index contributed by atoms with van der Waals surface area (Å²) in [5.41, 5.74) is 0.685. The van der Waals surface area contributed by atoms with Crippen LogP contribution in [0.5, 0.6) is 0 Å². The number of aromatic nitrogens is 3. The van der Waals surface area contributed by atoms with Gasteiger partial charge in [0.05, 0.1) is 0 Å². The van der Waals surface area contributed by atoms with Crippen molar-refractivity contribution >= 4 is 11.8 Å². The van der Waals surface area contributed by atoms with E-state index in [1.54, 1.807) is 19.3 Å². The van der Waals surface area contributed by atoms with Crippen LogP contribution >= 0.6 is 11.8 Å². The van der Waals surface area contributed by atoms with Gasteiger partial charge in [0.1, 0.15) is 5.82 Å². The third kappa shape index (κ3) is 2.75. The van der Waals surface area contributed by atoms with Crippen molar-refractivity contribution in [3.05, 3.63) is 18.5 Å². The molecule has 5 saturated carbocycles. The molecule has 1 aromatic heterocycles. The van der Waals surface area contributed by atoms with Crippen molar-refractivity contribution in [1.29, 1.82) is 0 Å². The van der Waals surface area contributed by atoms with Gasteiger partial charge in [-0.1, -0.05) is 17.8 Å². The van der Waals surface area contributed by atoms with Crippen molar-refractivity contribution in [3.63, 3.8) is 0 Å². The maximum atomic E-state index is 4.51. The first-order valence-corrected chi connectivity index (χ1v) is 10.9. The maximum Gasteiger partial charge on any atom is 0.191 e. The summed E-state index contributed by atoms with van der Waals surface area (Å²) in [5, 5.41) is 10.1. The number of hydrogen-bond donors (Lipinski definition) is 0. The van der Waals surface area contributed by atoms with Gasteiger partial charge in [-0.3, -0.25) is 0 Å². The van der Waals surface area contributed by atoms with Crippen LogP contribution in [0, 0.1) is 23.2 Å². The highest BCUT2D eigenvalue weighted by atomic mass is 32.2. The molecule has 0 atom stereocenters. The molecule has 4 heteroatoms. The van der Waals surface area contributed by atoms with E-state index >= 15 is 0 Å². The van der Waals surface area contributed by atoms with E-state index in [-0.39, 0.29) is 0 Å². The molecule has 0 N–H and O–H groups in total. The largest absolute Gasteiger partial charge is 0.302 e. The van der Waals surface area contributed by atoms with Crippen LogP contribution in [0.15, 0.2) is 17.8 Å². The lowest BCUT2D eigenvalue weighted by Crippen LogP contribution is -2.46. The SMILES string of the molecule is C=CCn1c(SCCC23CC4CC(CC(C4)C2)C3)nnc1C1CC1. The summed E-state index contributed by atoms with van der Waals surface area (Å²) >= 11 is 1.94. The molecule has 3 nitrogen and oxygen atoms in total. The van der Waals surface area contributed by atoms with E-state index in [0.717, 1.165) is 29.5 Å². The van der Waals surface area contributed by atoms with Crippen molar-refractivity contribution in [2.45, 2.75) is 75.4 Å². The molecule has 1 heterocycles. The minimum atomic E-state index is 0.662. The lowest BCUT2D eigenvalue weighted by atomic mass is 9.49. The van der Waals surface area contributed by atoms with Crippen LogP contribution in [-0.4, -0.2) is 20.5 Å². The molecule has 5 fully saturated rings. The first-order valence-electron chi connectivity index (χ1n) is 9.91. The average Bonchev–Trinajstić information content (AvgIpc) is 3.30. The summed E-state index contributed by atoms with van der Waals surface area (Å²) in [6.07, 6.45) is 15.1. The second-order valence-electron chi connectivity index (χ2n) is 9.03. The fourth-order valence-electron chi connectivity index (χ4n) is 6.31. The monoisotopic (exact) mass is 343 g/mol. The van der Waals surface area contributed by atoms with E-state index in [1.807, 2.05) is 17.8 Å². The van der Waals surface area contributed by atoms with Crippen molar-refractivity contribution in [2.24, 2.45) is 23.2 Å². The predicted octanol–water partition coefficient (Wildman–Crippen LogP) is 5.04. The maximum absolute atomic E-state index is 4.51. The Balaban J connectivity index is 1.25. The van der Waals surface area contributed by atoms with Crippen LogP contribution < -0.4 is 0 Å². The van der Waals surface area contributed by atoms with E-state index in [4.69, 9.17) is 0 Å². The Morgan fingerprint density at radius 1 is 1.08 bits per heavy atom. The van der Waals surface area contributed by atoms with E-state index in [9.17, 15) is 0 Å². The molecule has 130 valence electrons. The van der Waals surface area contributed by atoms with Crippen molar-refractivity contribution in [2.75, 3.05) is 5.75 Å². The topological polar surface area (TPSA) is 30.7 Å². The second kappa shape index (κ2) is 5.89. The van der Waals surface area contributed by atoms with Crippen LogP contribution in [0.4, 0.5) is 0 Å². The summed E-state index contributed by atoms with van der Waals surface area (Å²) in [7, 11) is 0. The molecule has 0 saturated heterocycles. The Kier molecular flexibility index (Phi) is 3.80. The number of hydrogen-bond acceptors (Lipinski definition) is 3. The smallest absolute Gasteiger partial charge is 0.191 e. The lowest BCUT2D eigenvalue weighted by molar-refractivity contribution is -0.0538. The van der Waals surface area contributed by atoms with Crippen molar-refractivity contribution in [1.82, 2.24) is 14.8 Å². The first kappa shape index (κ1) is 15.5. The van der Waals surface area contributed by atoms with E-state index < -0.39 is 0 Å². The fourth-order valence-corrected chi connectivity index (χ4v) is 7.45. The second-order valence-corrected chi connectivity index (χ2v) is 10.1. The molecule has 0 amide bonds. The van der Waals surface area contributed by atoms with Gasteiger partial charge in [0.25, 0.3) is 0 Å². The Morgan fingerprint density at radius 3 is 2.33 bits per heavy atom. The average molecular weight is 344 g/mol. The molecule has 0 aromatic carbocycles. The highest BCUT2D eigenvalue weighted by Gasteiger charge is 2.50. The van der Waals surface area contributed by atoms with Gasteiger partial charge in [0, 0.05) is 18.2 Å². The van der Waals surface area contributed by atoms with E-state index in [2.05, 4.69) is 21.3 Å². The number of thioether (sulfide) groups is 1. The Labute approximate surface area is 149 Å². The summed E-state index contributed by atoms with van der Waals surface area (Å²) < 4.78 is 2.31. The van der Waals surface area contributed by atoms with E-state index in [1.165, 1.54) is 50.1 Å². The van der Waals surface area contributed by atoms with Gasteiger partial charge in [-0.25, -0.2) is 0 Å². The van der Waals surface area contributed by atoms with Gasteiger partial charge >= 0.3 is 0 Å². The zero-order valence-corrected chi connectivity index (χ0v) is 15.4. The molecule has 0 unspecified atom stereocenters. The van der Waals surface area contributed by atoms with Gasteiger partial charge < -0.3 is 4.57 Å². The van der Waals surface area contributed by atoms with Gasteiger partial charge in [0.2, 0.25) is 0 Å². The Morgan fingerprint density at radius 2 is 1.75 bits per heavy atom. The minimum Gasteiger partial charge on any atom is -0.302 e. The first-order chi connectivity index (χ1) is 11.7. The molecule has 0 aliphatic heterocycles. The zero-order valence-electron chi connectivity index (χ0n) is 14.6. The fraction of sp³-hybridized carbons (Fsp3) is 0.800. The van der Waals surface area contributed by atoms with Crippen LogP contribution in [0.3, 0.4) is 0 Å². The molecular formula is C20H29N3S. The van der Waals surface area contributed by atoms with E-state index in [0.29, 0.717) is 11.3 Å². The zero-order chi connectivity index (χ0) is 16.1. The number of rotatable bonds is 7. The molecule has 5 aliphatic carbocycles. The third-order valence-corrected chi connectivity index (χ3v) is 8.00. The number of nitrogens with zero attached hydrogens (tertiary/aromatic N) is 3. The van der Waals surface area contributed by atoms with Gasteiger partial charge in [-0.2, -0.15) is 0 Å². The molecule has 4 bridgehead atoms. The third-order valence-electron chi connectivity index (χ3n) is 7.03. The normalized spacial score (nSPS) is 37.1.